The number of carbonyl (C=O) groups is 1. The van der Waals surface area contributed by atoms with Crippen molar-refractivity contribution in [3.63, 3.8) is 0 Å². The van der Waals surface area contributed by atoms with Gasteiger partial charge in [0.15, 0.2) is 11.5 Å². The van der Waals surface area contributed by atoms with Gasteiger partial charge in [-0.25, -0.2) is 0 Å². The molecule has 0 unspecified atom stereocenters. The first kappa shape index (κ1) is 22.8. The Hall–Kier alpha value is -2.50. The Bertz CT molecular complexity index is 827. The fourth-order valence-electron chi connectivity index (χ4n) is 3.39. The van der Waals surface area contributed by atoms with Gasteiger partial charge in [0.1, 0.15) is 0 Å². The fraction of sp³-hybridized carbons (Fsp3) is 0.565. The van der Waals surface area contributed by atoms with Crippen molar-refractivity contribution in [2.24, 2.45) is 5.92 Å². The standard InChI is InChI=1S/C23H35N3O3/c1-8-28-21-11-10-19(12-22(21)29-9-2)16(5)24-23(27)13-20-17(6)25-26(18(20)7)14-15(3)4/h10-12,15-16H,8-9,13-14H2,1-7H3,(H,24,27)/t16-/m1/s1. The Kier molecular flexibility index (Phi) is 8.11. The van der Waals surface area contributed by atoms with Gasteiger partial charge in [0.05, 0.1) is 31.4 Å². The van der Waals surface area contributed by atoms with Crippen molar-refractivity contribution in [2.75, 3.05) is 13.2 Å². The van der Waals surface area contributed by atoms with E-state index in [0.29, 0.717) is 31.3 Å². The average molecular weight is 402 g/mol. The van der Waals surface area contributed by atoms with Crippen LogP contribution in [0.4, 0.5) is 0 Å². The maximum atomic E-state index is 12.7. The van der Waals surface area contributed by atoms with Crippen LogP contribution in [-0.2, 0) is 17.8 Å². The molecule has 0 radical (unpaired) electrons. The minimum atomic E-state index is -0.135. The Balaban J connectivity index is 2.09. The summed E-state index contributed by atoms with van der Waals surface area (Å²) in [5.41, 5.74) is 3.98. The molecular formula is C23H35N3O3. The summed E-state index contributed by atoms with van der Waals surface area (Å²) in [6.45, 7) is 16.2. The summed E-state index contributed by atoms with van der Waals surface area (Å²) in [5, 5.41) is 7.70. The number of ether oxygens (including phenoxy) is 2. The second-order valence-electron chi connectivity index (χ2n) is 7.76. The van der Waals surface area contributed by atoms with Crippen molar-refractivity contribution in [1.82, 2.24) is 15.1 Å². The molecule has 0 saturated heterocycles. The Morgan fingerprint density at radius 2 is 1.76 bits per heavy atom. The lowest BCUT2D eigenvalue weighted by Crippen LogP contribution is -2.28. The van der Waals surface area contributed by atoms with E-state index < -0.39 is 0 Å². The number of nitrogens with one attached hydrogen (secondary N) is 1. The average Bonchev–Trinajstić information content (AvgIpc) is 2.90. The highest BCUT2D eigenvalue weighted by molar-refractivity contribution is 5.79. The van der Waals surface area contributed by atoms with Crippen LogP contribution in [-0.4, -0.2) is 28.9 Å². The van der Waals surface area contributed by atoms with Crippen LogP contribution in [0.3, 0.4) is 0 Å². The fourth-order valence-corrected chi connectivity index (χ4v) is 3.39. The van der Waals surface area contributed by atoms with Crippen molar-refractivity contribution in [3.05, 3.63) is 40.7 Å². The number of rotatable bonds is 10. The lowest BCUT2D eigenvalue weighted by Gasteiger charge is -2.17. The van der Waals surface area contributed by atoms with Crippen LogP contribution < -0.4 is 14.8 Å². The second-order valence-corrected chi connectivity index (χ2v) is 7.76. The van der Waals surface area contributed by atoms with E-state index in [1.807, 2.05) is 57.5 Å². The summed E-state index contributed by atoms with van der Waals surface area (Å²) in [6, 6.07) is 5.67. The summed E-state index contributed by atoms with van der Waals surface area (Å²) in [5.74, 6) is 1.92. The normalized spacial score (nSPS) is 12.1. The number of carbonyl (C=O) groups excluding carboxylic acids is 1. The lowest BCUT2D eigenvalue weighted by atomic mass is 10.1. The molecule has 0 fully saturated rings. The summed E-state index contributed by atoms with van der Waals surface area (Å²) < 4.78 is 13.3. The van der Waals surface area contributed by atoms with Gasteiger partial charge in [-0.2, -0.15) is 5.10 Å². The van der Waals surface area contributed by atoms with Gasteiger partial charge in [-0.1, -0.05) is 19.9 Å². The molecule has 0 saturated carbocycles. The molecule has 1 N–H and O–H groups in total. The van der Waals surface area contributed by atoms with Gasteiger partial charge in [-0.05, 0) is 58.2 Å². The van der Waals surface area contributed by atoms with Crippen LogP contribution in [0.5, 0.6) is 11.5 Å². The molecule has 1 atom stereocenters. The van der Waals surface area contributed by atoms with Gasteiger partial charge < -0.3 is 14.8 Å². The minimum absolute atomic E-state index is 0.0142. The predicted molar refractivity (Wildman–Crippen MR) is 116 cm³/mol. The van der Waals surface area contributed by atoms with Gasteiger partial charge in [0.2, 0.25) is 5.91 Å². The maximum Gasteiger partial charge on any atom is 0.225 e. The first-order valence-corrected chi connectivity index (χ1v) is 10.5. The molecule has 0 bridgehead atoms. The third-order valence-electron chi connectivity index (χ3n) is 4.85. The highest BCUT2D eigenvalue weighted by Gasteiger charge is 2.18. The molecule has 0 aliphatic rings. The van der Waals surface area contributed by atoms with Crippen molar-refractivity contribution in [3.8, 4) is 11.5 Å². The van der Waals surface area contributed by atoms with Crippen molar-refractivity contribution in [1.29, 1.82) is 0 Å². The smallest absolute Gasteiger partial charge is 0.225 e. The van der Waals surface area contributed by atoms with Crippen LogP contribution >= 0.6 is 0 Å². The van der Waals surface area contributed by atoms with E-state index in [1.165, 1.54) is 0 Å². The van der Waals surface area contributed by atoms with Gasteiger partial charge in [-0.3, -0.25) is 9.48 Å². The third kappa shape index (κ3) is 5.99. The number of amides is 1. The predicted octanol–water partition coefficient (Wildman–Crippen LogP) is 4.37. The van der Waals surface area contributed by atoms with Crippen LogP contribution in [0.2, 0.25) is 0 Å². The van der Waals surface area contributed by atoms with Gasteiger partial charge in [0, 0.05) is 17.8 Å². The number of hydrogen-bond donors (Lipinski definition) is 1. The molecular weight excluding hydrogens is 366 g/mol. The monoisotopic (exact) mass is 401 g/mol. The zero-order valence-corrected chi connectivity index (χ0v) is 18.8. The molecule has 1 heterocycles. The molecule has 1 aromatic heterocycles. The molecule has 0 spiro atoms. The highest BCUT2D eigenvalue weighted by Crippen LogP contribution is 2.30. The van der Waals surface area contributed by atoms with Crippen LogP contribution in [0.15, 0.2) is 18.2 Å². The number of hydrogen-bond acceptors (Lipinski definition) is 4. The SMILES string of the molecule is CCOc1ccc([C@@H](C)NC(=O)Cc2c(C)nn(CC(C)C)c2C)cc1OCC. The van der Waals surface area contributed by atoms with E-state index in [0.717, 1.165) is 34.8 Å². The van der Waals surface area contributed by atoms with Crippen molar-refractivity contribution < 1.29 is 14.3 Å². The van der Waals surface area contributed by atoms with Gasteiger partial charge in [-0.15, -0.1) is 0 Å². The molecule has 2 rings (SSSR count). The third-order valence-corrected chi connectivity index (χ3v) is 4.85. The maximum absolute atomic E-state index is 12.7. The van der Waals surface area contributed by atoms with E-state index >= 15 is 0 Å². The molecule has 0 aliphatic carbocycles. The topological polar surface area (TPSA) is 65.4 Å². The molecule has 6 nitrogen and oxygen atoms in total. The quantitative estimate of drug-likeness (QED) is 0.642. The summed E-state index contributed by atoms with van der Waals surface area (Å²) >= 11 is 0. The Morgan fingerprint density at radius 1 is 1.10 bits per heavy atom. The lowest BCUT2D eigenvalue weighted by molar-refractivity contribution is -0.121. The summed E-state index contributed by atoms with van der Waals surface area (Å²) in [6.07, 6.45) is 0.329. The zero-order valence-electron chi connectivity index (χ0n) is 18.8. The van der Waals surface area contributed by atoms with E-state index in [1.54, 1.807) is 0 Å². The molecule has 6 heteroatoms. The minimum Gasteiger partial charge on any atom is -0.490 e. The zero-order chi connectivity index (χ0) is 21.6. The van der Waals surface area contributed by atoms with Gasteiger partial charge >= 0.3 is 0 Å². The van der Waals surface area contributed by atoms with Crippen LogP contribution in [0.25, 0.3) is 0 Å². The number of aryl methyl sites for hydroxylation is 1. The molecule has 1 aromatic carbocycles. The first-order valence-electron chi connectivity index (χ1n) is 10.5. The first-order chi connectivity index (χ1) is 13.8. The van der Waals surface area contributed by atoms with E-state index in [-0.39, 0.29) is 11.9 Å². The molecule has 0 aliphatic heterocycles. The van der Waals surface area contributed by atoms with Crippen molar-refractivity contribution in [2.45, 2.75) is 67.5 Å². The van der Waals surface area contributed by atoms with Crippen LogP contribution in [0, 0.1) is 19.8 Å². The van der Waals surface area contributed by atoms with Crippen molar-refractivity contribution >= 4 is 5.91 Å². The number of nitrogens with zero attached hydrogens (tertiary/aromatic N) is 2. The number of aromatic nitrogens is 2. The Morgan fingerprint density at radius 3 is 2.38 bits per heavy atom. The van der Waals surface area contributed by atoms with E-state index in [4.69, 9.17) is 9.47 Å². The molecule has 2 aromatic rings. The Labute approximate surface area is 174 Å². The largest absolute Gasteiger partial charge is 0.490 e. The number of benzene rings is 1. The summed E-state index contributed by atoms with van der Waals surface area (Å²) in [4.78, 5) is 12.7. The summed E-state index contributed by atoms with van der Waals surface area (Å²) in [7, 11) is 0. The van der Waals surface area contributed by atoms with Gasteiger partial charge in [0.25, 0.3) is 0 Å². The van der Waals surface area contributed by atoms with E-state index in [9.17, 15) is 4.79 Å². The molecule has 29 heavy (non-hydrogen) atoms. The van der Waals surface area contributed by atoms with Crippen LogP contribution in [0.1, 0.15) is 63.2 Å². The second kappa shape index (κ2) is 10.3. The van der Waals surface area contributed by atoms with E-state index in [2.05, 4.69) is 24.3 Å². The molecule has 1 amide bonds. The highest BCUT2D eigenvalue weighted by atomic mass is 16.5. The molecule has 160 valence electrons.